The van der Waals surface area contributed by atoms with Gasteiger partial charge in [0.2, 0.25) is 0 Å². The molecule has 1 heterocycles. The maximum Gasteiger partial charge on any atom is 0.120 e. The molecule has 3 nitrogen and oxygen atoms in total. The van der Waals surface area contributed by atoms with E-state index in [4.69, 9.17) is 10.5 Å². The van der Waals surface area contributed by atoms with E-state index in [2.05, 4.69) is 17.0 Å². The molecule has 0 amide bonds. The Kier molecular flexibility index (Phi) is 2.59. The standard InChI is InChI=1S/C11H16N2O/c1-14-11-4-2-3-10(7-11)13-6-5-9(12)8-13/h2-4,7,9H,5-6,8,12H2,1H3/t9-/m1/s1. The van der Waals surface area contributed by atoms with Gasteiger partial charge in [-0.1, -0.05) is 6.07 Å². The highest BCUT2D eigenvalue weighted by atomic mass is 16.5. The van der Waals surface area contributed by atoms with Gasteiger partial charge in [-0.25, -0.2) is 0 Å². The smallest absolute Gasteiger partial charge is 0.120 e. The fraction of sp³-hybridized carbons (Fsp3) is 0.455. The van der Waals surface area contributed by atoms with Crippen LogP contribution in [0.5, 0.6) is 5.75 Å². The number of nitrogens with two attached hydrogens (primary N) is 1. The average molecular weight is 192 g/mol. The highest BCUT2D eigenvalue weighted by Gasteiger charge is 2.19. The van der Waals surface area contributed by atoms with Gasteiger partial charge >= 0.3 is 0 Å². The number of methoxy groups -OCH3 is 1. The Morgan fingerprint density at radius 3 is 3.00 bits per heavy atom. The van der Waals surface area contributed by atoms with Gasteiger partial charge in [0.1, 0.15) is 5.75 Å². The zero-order chi connectivity index (χ0) is 9.97. The lowest BCUT2D eigenvalue weighted by molar-refractivity contribution is 0.415. The van der Waals surface area contributed by atoms with Crippen LogP contribution in [0.25, 0.3) is 0 Å². The van der Waals surface area contributed by atoms with Crippen molar-refractivity contribution in [3.63, 3.8) is 0 Å². The van der Waals surface area contributed by atoms with Crippen molar-refractivity contribution in [2.75, 3.05) is 25.1 Å². The van der Waals surface area contributed by atoms with Crippen molar-refractivity contribution in [1.29, 1.82) is 0 Å². The van der Waals surface area contributed by atoms with E-state index in [-0.39, 0.29) is 0 Å². The molecule has 1 aliphatic rings. The van der Waals surface area contributed by atoms with Gasteiger partial charge in [0.25, 0.3) is 0 Å². The second kappa shape index (κ2) is 3.88. The van der Waals surface area contributed by atoms with Gasteiger partial charge in [0.15, 0.2) is 0 Å². The van der Waals surface area contributed by atoms with Gasteiger partial charge in [-0.15, -0.1) is 0 Å². The van der Waals surface area contributed by atoms with Gasteiger partial charge in [-0.2, -0.15) is 0 Å². The summed E-state index contributed by atoms with van der Waals surface area (Å²) >= 11 is 0. The average Bonchev–Trinajstić information content (AvgIpc) is 2.65. The van der Waals surface area contributed by atoms with E-state index in [1.165, 1.54) is 5.69 Å². The molecule has 0 unspecified atom stereocenters. The Hall–Kier alpha value is -1.22. The van der Waals surface area contributed by atoms with Crippen LogP contribution in [0.4, 0.5) is 5.69 Å². The number of hydrogen-bond acceptors (Lipinski definition) is 3. The minimum absolute atomic E-state index is 0.321. The Morgan fingerprint density at radius 2 is 2.36 bits per heavy atom. The molecule has 0 aliphatic carbocycles. The molecule has 76 valence electrons. The van der Waals surface area contributed by atoms with Crippen LogP contribution in [0.2, 0.25) is 0 Å². The largest absolute Gasteiger partial charge is 0.497 e. The number of rotatable bonds is 2. The Morgan fingerprint density at radius 1 is 1.50 bits per heavy atom. The molecule has 1 atom stereocenters. The molecule has 0 radical (unpaired) electrons. The lowest BCUT2D eigenvalue weighted by atomic mass is 10.3. The van der Waals surface area contributed by atoms with Crippen LogP contribution in [-0.2, 0) is 0 Å². The molecular weight excluding hydrogens is 176 g/mol. The van der Waals surface area contributed by atoms with E-state index in [1.807, 2.05) is 12.1 Å². The summed E-state index contributed by atoms with van der Waals surface area (Å²) in [5.41, 5.74) is 7.07. The van der Waals surface area contributed by atoms with E-state index in [9.17, 15) is 0 Å². The summed E-state index contributed by atoms with van der Waals surface area (Å²) in [5, 5.41) is 0. The fourth-order valence-electron chi connectivity index (χ4n) is 1.83. The Bertz CT molecular complexity index is 314. The Labute approximate surface area is 84.5 Å². The first-order valence-electron chi connectivity index (χ1n) is 4.94. The van der Waals surface area contributed by atoms with E-state index in [1.54, 1.807) is 7.11 Å². The third-order valence-corrected chi connectivity index (χ3v) is 2.64. The summed E-state index contributed by atoms with van der Waals surface area (Å²) in [6.45, 7) is 2.00. The molecule has 1 aromatic carbocycles. The molecule has 2 N–H and O–H groups in total. The summed E-state index contributed by atoms with van der Waals surface area (Å²) in [4.78, 5) is 2.30. The quantitative estimate of drug-likeness (QED) is 0.766. The summed E-state index contributed by atoms with van der Waals surface area (Å²) in [5.74, 6) is 0.906. The van der Waals surface area contributed by atoms with Crippen molar-refractivity contribution >= 4 is 5.69 Å². The van der Waals surface area contributed by atoms with Gasteiger partial charge in [-0.05, 0) is 18.6 Å². The van der Waals surface area contributed by atoms with Crippen LogP contribution in [-0.4, -0.2) is 26.2 Å². The van der Waals surface area contributed by atoms with Gasteiger partial charge in [0.05, 0.1) is 7.11 Å². The zero-order valence-electron chi connectivity index (χ0n) is 8.44. The summed E-state index contributed by atoms with van der Waals surface area (Å²) in [6.07, 6.45) is 1.08. The van der Waals surface area contributed by atoms with Crippen LogP contribution in [0.3, 0.4) is 0 Å². The topological polar surface area (TPSA) is 38.5 Å². The summed E-state index contributed by atoms with van der Waals surface area (Å²) in [7, 11) is 1.69. The molecule has 0 aromatic heterocycles. The Balaban J connectivity index is 2.15. The molecule has 0 bridgehead atoms. The van der Waals surface area contributed by atoms with Crippen LogP contribution in [0.15, 0.2) is 24.3 Å². The van der Waals surface area contributed by atoms with Crippen molar-refractivity contribution in [2.24, 2.45) is 5.73 Å². The van der Waals surface area contributed by atoms with Crippen molar-refractivity contribution in [3.05, 3.63) is 24.3 Å². The van der Waals surface area contributed by atoms with Crippen molar-refractivity contribution in [3.8, 4) is 5.75 Å². The van der Waals surface area contributed by atoms with Crippen molar-refractivity contribution in [1.82, 2.24) is 0 Å². The molecule has 1 saturated heterocycles. The molecule has 2 rings (SSSR count). The monoisotopic (exact) mass is 192 g/mol. The van der Waals surface area contributed by atoms with Crippen LogP contribution in [0, 0.1) is 0 Å². The minimum Gasteiger partial charge on any atom is -0.497 e. The molecule has 0 saturated carbocycles. The maximum atomic E-state index is 5.86. The van der Waals surface area contributed by atoms with Gasteiger partial charge in [-0.3, -0.25) is 0 Å². The molecule has 3 heteroatoms. The number of anilines is 1. The van der Waals surface area contributed by atoms with Crippen LogP contribution >= 0.6 is 0 Å². The third kappa shape index (κ3) is 1.82. The molecular formula is C11H16N2O. The first-order valence-corrected chi connectivity index (χ1v) is 4.94. The third-order valence-electron chi connectivity index (χ3n) is 2.64. The predicted octanol–water partition coefficient (Wildman–Crippen LogP) is 1.23. The van der Waals surface area contributed by atoms with E-state index < -0.39 is 0 Å². The van der Waals surface area contributed by atoms with E-state index >= 15 is 0 Å². The normalized spacial score (nSPS) is 21.3. The molecule has 14 heavy (non-hydrogen) atoms. The molecule has 1 fully saturated rings. The lowest BCUT2D eigenvalue weighted by Gasteiger charge is -2.18. The summed E-state index contributed by atoms with van der Waals surface area (Å²) in [6, 6.07) is 8.44. The van der Waals surface area contributed by atoms with Crippen LogP contribution in [0.1, 0.15) is 6.42 Å². The maximum absolute atomic E-state index is 5.86. The highest BCUT2D eigenvalue weighted by molar-refractivity contribution is 5.51. The zero-order valence-corrected chi connectivity index (χ0v) is 8.44. The second-order valence-corrected chi connectivity index (χ2v) is 3.70. The number of hydrogen-bond donors (Lipinski definition) is 1. The van der Waals surface area contributed by atoms with E-state index in [0.717, 1.165) is 25.3 Å². The second-order valence-electron chi connectivity index (χ2n) is 3.70. The van der Waals surface area contributed by atoms with E-state index in [0.29, 0.717) is 6.04 Å². The van der Waals surface area contributed by atoms with Crippen molar-refractivity contribution < 1.29 is 4.74 Å². The van der Waals surface area contributed by atoms with Gasteiger partial charge in [0, 0.05) is 30.9 Å². The van der Waals surface area contributed by atoms with Crippen LogP contribution < -0.4 is 15.4 Å². The highest BCUT2D eigenvalue weighted by Crippen LogP contribution is 2.23. The number of ether oxygens (including phenoxy) is 1. The number of benzene rings is 1. The molecule has 0 spiro atoms. The molecule has 1 aromatic rings. The first-order chi connectivity index (χ1) is 6.79. The fourth-order valence-corrected chi connectivity index (χ4v) is 1.83. The SMILES string of the molecule is COc1cccc(N2CC[C@@H](N)C2)c1. The number of nitrogens with zero attached hydrogens (tertiary/aromatic N) is 1. The first kappa shape index (κ1) is 9.34. The minimum atomic E-state index is 0.321. The van der Waals surface area contributed by atoms with Gasteiger partial charge < -0.3 is 15.4 Å². The lowest BCUT2D eigenvalue weighted by Crippen LogP contribution is -2.26. The summed E-state index contributed by atoms with van der Waals surface area (Å²) < 4.78 is 5.18. The molecule has 1 aliphatic heterocycles. The predicted molar refractivity (Wildman–Crippen MR) is 57.8 cm³/mol. The van der Waals surface area contributed by atoms with Crippen molar-refractivity contribution in [2.45, 2.75) is 12.5 Å².